The second-order valence-corrected chi connectivity index (χ2v) is 5.10. The lowest BCUT2D eigenvalue weighted by molar-refractivity contribution is -0.250. The number of nitrogens with zero attached hydrogens (tertiary/aromatic N) is 1. The lowest BCUT2D eigenvalue weighted by Crippen LogP contribution is -2.45. The van der Waals surface area contributed by atoms with Gasteiger partial charge in [0, 0.05) is 18.7 Å². The maximum atomic E-state index is 10.8. The van der Waals surface area contributed by atoms with E-state index in [4.69, 9.17) is 9.94 Å². The van der Waals surface area contributed by atoms with E-state index in [0.717, 1.165) is 19.4 Å². The number of hydrogen-bond acceptors (Lipinski definition) is 4. The summed E-state index contributed by atoms with van der Waals surface area (Å²) in [7, 11) is 0. The minimum Gasteiger partial charge on any atom is -0.396 e. The molecule has 0 saturated carbocycles. The fourth-order valence-corrected chi connectivity index (χ4v) is 1.94. The molecular formula is C12H21NO3. The van der Waals surface area contributed by atoms with Crippen LogP contribution in [0.2, 0.25) is 0 Å². The van der Waals surface area contributed by atoms with Crippen LogP contribution >= 0.6 is 0 Å². The van der Waals surface area contributed by atoms with Crippen molar-refractivity contribution in [2.75, 3.05) is 13.2 Å². The van der Waals surface area contributed by atoms with Crippen LogP contribution in [0.3, 0.4) is 0 Å². The molecule has 4 heteroatoms. The van der Waals surface area contributed by atoms with Gasteiger partial charge in [-0.15, -0.1) is 0 Å². The molecule has 0 aromatic heterocycles. The number of rotatable bonds is 3. The number of hydroxylamine groups is 2. The summed E-state index contributed by atoms with van der Waals surface area (Å²) < 4.78 is 0. The first-order valence-corrected chi connectivity index (χ1v) is 5.78. The predicted octanol–water partition coefficient (Wildman–Crippen LogP) is 1.32. The molecule has 1 saturated heterocycles. The maximum absolute atomic E-state index is 10.8. The molecule has 16 heavy (non-hydrogen) atoms. The second kappa shape index (κ2) is 5.60. The van der Waals surface area contributed by atoms with Gasteiger partial charge in [-0.05, 0) is 40.0 Å². The Morgan fingerprint density at radius 1 is 1.56 bits per heavy atom. The highest BCUT2D eigenvalue weighted by atomic mass is 16.7. The van der Waals surface area contributed by atoms with Crippen molar-refractivity contribution in [1.82, 2.24) is 5.06 Å². The van der Waals surface area contributed by atoms with Crippen LogP contribution in [0.5, 0.6) is 0 Å². The van der Waals surface area contributed by atoms with Crippen LogP contribution in [-0.2, 0) is 9.63 Å². The van der Waals surface area contributed by atoms with Gasteiger partial charge in [-0.25, -0.2) is 4.79 Å². The first kappa shape index (κ1) is 13.4. The van der Waals surface area contributed by atoms with Crippen molar-refractivity contribution in [1.29, 1.82) is 0 Å². The van der Waals surface area contributed by atoms with E-state index >= 15 is 0 Å². The zero-order chi connectivity index (χ0) is 12.2. The molecule has 1 atom stereocenters. The van der Waals surface area contributed by atoms with E-state index in [1.165, 1.54) is 0 Å². The Kier molecular flexibility index (Phi) is 4.69. The van der Waals surface area contributed by atoms with Crippen molar-refractivity contribution in [2.45, 2.75) is 51.7 Å². The van der Waals surface area contributed by atoms with E-state index in [9.17, 15) is 4.79 Å². The zero-order valence-electron chi connectivity index (χ0n) is 10.3. The van der Waals surface area contributed by atoms with E-state index in [-0.39, 0.29) is 18.2 Å². The molecule has 0 bridgehead atoms. The van der Waals surface area contributed by atoms with E-state index in [1.54, 1.807) is 0 Å². The van der Waals surface area contributed by atoms with Gasteiger partial charge in [0.1, 0.15) is 5.94 Å². The maximum Gasteiger partial charge on any atom is 0.125 e. The molecule has 0 aliphatic carbocycles. The van der Waals surface area contributed by atoms with Crippen LogP contribution < -0.4 is 0 Å². The summed E-state index contributed by atoms with van der Waals surface area (Å²) in [4.78, 5) is 16.6. The highest BCUT2D eigenvalue weighted by molar-refractivity contribution is 5.54. The Morgan fingerprint density at radius 3 is 2.75 bits per heavy atom. The topological polar surface area (TPSA) is 49.8 Å². The summed E-state index contributed by atoms with van der Waals surface area (Å²) in [5, 5.41) is 10.8. The summed E-state index contributed by atoms with van der Waals surface area (Å²) in [5.74, 6) is 1.99. The number of aliphatic hydroxyl groups excluding tert-OH is 1. The first-order chi connectivity index (χ1) is 7.48. The van der Waals surface area contributed by atoms with Gasteiger partial charge in [0.2, 0.25) is 0 Å². The predicted molar refractivity (Wildman–Crippen MR) is 61.5 cm³/mol. The van der Waals surface area contributed by atoms with Crippen LogP contribution in [0.15, 0.2) is 5.57 Å². The molecule has 1 heterocycles. The Hall–Kier alpha value is -0.670. The normalized spacial score (nSPS) is 23.2. The number of hydrogen-bond donors (Lipinski definition) is 1. The standard InChI is InChI=1S/C12H21NO3/c1-12(2,3)16-13-7-4-5-10(9-15)11(13)6-8-14/h11,14H,4-8H2,1-3H3. The third-order valence-electron chi connectivity index (χ3n) is 2.50. The smallest absolute Gasteiger partial charge is 0.125 e. The molecule has 1 N–H and O–H groups in total. The number of aliphatic hydroxyl groups is 1. The summed E-state index contributed by atoms with van der Waals surface area (Å²) in [5.41, 5.74) is 0.434. The van der Waals surface area contributed by atoms with Crippen LogP contribution in [0, 0.1) is 0 Å². The minimum atomic E-state index is -0.279. The van der Waals surface area contributed by atoms with Crippen LogP contribution in [0.25, 0.3) is 0 Å². The van der Waals surface area contributed by atoms with Crippen LogP contribution in [-0.4, -0.2) is 40.9 Å². The molecule has 92 valence electrons. The third kappa shape index (κ3) is 3.72. The van der Waals surface area contributed by atoms with E-state index < -0.39 is 0 Å². The Bertz CT molecular complexity index is 276. The van der Waals surface area contributed by atoms with E-state index in [1.807, 2.05) is 31.8 Å². The largest absolute Gasteiger partial charge is 0.396 e. The molecular weight excluding hydrogens is 206 g/mol. The molecule has 0 aromatic rings. The van der Waals surface area contributed by atoms with E-state index in [2.05, 4.69) is 0 Å². The van der Waals surface area contributed by atoms with Gasteiger partial charge in [-0.3, -0.25) is 4.84 Å². The molecule has 1 aliphatic heterocycles. The van der Waals surface area contributed by atoms with Gasteiger partial charge in [-0.1, -0.05) is 0 Å². The molecule has 1 fully saturated rings. The van der Waals surface area contributed by atoms with Gasteiger partial charge < -0.3 is 5.11 Å². The Labute approximate surface area is 96.8 Å². The fourth-order valence-electron chi connectivity index (χ4n) is 1.94. The minimum absolute atomic E-state index is 0.0554. The number of piperidine rings is 1. The highest BCUT2D eigenvalue weighted by Crippen LogP contribution is 2.26. The van der Waals surface area contributed by atoms with Crippen molar-refractivity contribution in [3.8, 4) is 0 Å². The van der Waals surface area contributed by atoms with Gasteiger partial charge >= 0.3 is 0 Å². The van der Waals surface area contributed by atoms with Gasteiger partial charge in [0.25, 0.3) is 0 Å². The van der Waals surface area contributed by atoms with Crippen LogP contribution in [0.1, 0.15) is 40.0 Å². The van der Waals surface area contributed by atoms with Crippen molar-refractivity contribution in [3.05, 3.63) is 5.57 Å². The quantitative estimate of drug-likeness (QED) is 0.739. The summed E-state index contributed by atoms with van der Waals surface area (Å²) in [6.45, 7) is 6.78. The molecule has 0 spiro atoms. The molecule has 1 rings (SSSR count). The third-order valence-corrected chi connectivity index (χ3v) is 2.50. The molecule has 4 nitrogen and oxygen atoms in total. The average molecular weight is 227 g/mol. The van der Waals surface area contributed by atoms with E-state index in [0.29, 0.717) is 12.0 Å². The summed E-state index contributed by atoms with van der Waals surface area (Å²) >= 11 is 0. The van der Waals surface area contributed by atoms with Crippen molar-refractivity contribution >= 4 is 5.94 Å². The molecule has 0 radical (unpaired) electrons. The number of carbonyl (C=O) groups excluding carboxylic acids is 1. The zero-order valence-corrected chi connectivity index (χ0v) is 10.3. The highest BCUT2D eigenvalue weighted by Gasteiger charge is 2.30. The molecule has 1 aliphatic rings. The first-order valence-electron chi connectivity index (χ1n) is 5.78. The van der Waals surface area contributed by atoms with Gasteiger partial charge in [0.05, 0.1) is 11.6 Å². The summed E-state index contributed by atoms with van der Waals surface area (Å²) in [6.07, 6.45) is 2.20. The van der Waals surface area contributed by atoms with Crippen molar-refractivity contribution in [3.63, 3.8) is 0 Å². The SMILES string of the molecule is CC(C)(C)ON1CCCC(=C=O)C1CCO. The Balaban J connectivity index is 2.76. The lowest BCUT2D eigenvalue weighted by atomic mass is 9.96. The summed E-state index contributed by atoms with van der Waals surface area (Å²) in [6, 6.07) is -0.115. The molecule has 1 unspecified atom stereocenters. The van der Waals surface area contributed by atoms with Crippen molar-refractivity contribution < 1.29 is 14.7 Å². The van der Waals surface area contributed by atoms with Crippen molar-refractivity contribution in [2.24, 2.45) is 0 Å². The second-order valence-electron chi connectivity index (χ2n) is 5.10. The van der Waals surface area contributed by atoms with Gasteiger partial charge in [-0.2, -0.15) is 5.06 Å². The monoisotopic (exact) mass is 227 g/mol. The lowest BCUT2D eigenvalue weighted by Gasteiger charge is -2.38. The Morgan fingerprint density at radius 2 is 2.25 bits per heavy atom. The molecule has 0 amide bonds. The fraction of sp³-hybridized carbons (Fsp3) is 0.833. The molecule has 0 aromatic carbocycles. The van der Waals surface area contributed by atoms with Gasteiger partial charge in [0.15, 0.2) is 0 Å². The average Bonchev–Trinajstić information content (AvgIpc) is 2.18. The van der Waals surface area contributed by atoms with Crippen LogP contribution in [0.4, 0.5) is 0 Å².